The number of nitrogens with zero attached hydrogens (tertiary/aromatic N) is 1. The predicted molar refractivity (Wildman–Crippen MR) is 89.8 cm³/mol. The highest BCUT2D eigenvalue weighted by Crippen LogP contribution is 2.47. The molecule has 0 spiro atoms. The van der Waals surface area contributed by atoms with Crippen LogP contribution in [0.4, 0.5) is 0 Å². The van der Waals surface area contributed by atoms with Crippen LogP contribution in [0.2, 0.25) is 0 Å². The van der Waals surface area contributed by atoms with Gasteiger partial charge in [-0.25, -0.2) is 0 Å². The molecule has 1 aromatic carbocycles. The molecule has 0 unspecified atom stereocenters. The fourth-order valence-corrected chi connectivity index (χ4v) is 2.85. The summed E-state index contributed by atoms with van der Waals surface area (Å²) in [5.41, 5.74) is 0.177. The molecule has 1 N–H and O–H groups in total. The van der Waals surface area contributed by atoms with Gasteiger partial charge in [-0.15, -0.1) is 0 Å². The van der Waals surface area contributed by atoms with Gasteiger partial charge in [-0.1, -0.05) is 30.3 Å². The lowest BCUT2D eigenvalue weighted by Crippen LogP contribution is -2.44. The Kier molecular flexibility index (Phi) is 4.69. The molecule has 0 atom stereocenters. The summed E-state index contributed by atoms with van der Waals surface area (Å²) in [5, 5.41) is 2.83. The van der Waals surface area contributed by atoms with Crippen molar-refractivity contribution in [1.29, 1.82) is 0 Å². The number of hydrogen-bond acceptors (Lipinski definition) is 3. The van der Waals surface area contributed by atoms with E-state index in [2.05, 4.69) is 5.32 Å². The van der Waals surface area contributed by atoms with E-state index in [-0.39, 0.29) is 11.8 Å². The third-order valence-electron chi connectivity index (χ3n) is 4.48. The molecule has 1 aliphatic carbocycles. The Bertz CT molecular complexity index is 691. The number of rotatable bonds is 7. The van der Waals surface area contributed by atoms with E-state index >= 15 is 0 Å². The Morgan fingerprint density at radius 2 is 1.92 bits per heavy atom. The van der Waals surface area contributed by atoms with E-state index in [0.717, 1.165) is 5.56 Å². The Balaban J connectivity index is 1.64. The highest BCUT2D eigenvalue weighted by Gasteiger charge is 2.57. The van der Waals surface area contributed by atoms with Gasteiger partial charge >= 0.3 is 0 Å². The van der Waals surface area contributed by atoms with Gasteiger partial charge in [-0.3, -0.25) is 9.59 Å². The first-order chi connectivity index (χ1) is 11.7. The van der Waals surface area contributed by atoms with Crippen LogP contribution < -0.4 is 5.32 Å². The minimum absolute atomic E-state index is 0.0780. The second-order valence-electron chi connectivity index (χ2n) is 6.15. The first-order valence-corrected chi connectivity index (χ1v) is 8.30. The van der Waals surface area contributed by atoms with Crippen LogP contribution in [0.5, 0.6) is 0 Å². The Morgan fingerprint density at radius 3 is 2.50 bits per heavy atom. The molecule has 1 aromatic heterocycles. The molecule has 1 heterocycles. The molecule has 0 aliphatic heterocycles. The maximum atomic E-state index is 12.9. The molecule has 1 saturated carbocycles. The number of carbonyl (C=O) groups excluding carboxylic acids is 2. The van der Waals surface area contributed by atoms with E-state index in [1.807, 2.05) is 37.3 Å². The van der Waals surface area contributed by atoms with Crippen LogP contribution >= 0.6 is 0 Å². The molecule has 0 saturated heterocycles. The lowest BCUT2D eigenvalue weighted by Gasteiger charge is -2.25. The number of nitrogens with one attached hydrogen (secondary N) is 1. The van der Waals surface area contributed by atoms with Crippen molar-refractivity contribution in [1.82, 2.24) is 10.2 Å². The molecule has 24 heavy (non-hydrogen) atoms. The highest BCUT2D eigenvalue weighted by molar-refractivity contribution is 6.07. The van der Waals surface area contributed by atoms with Gasteiger partial charge in [0.15, 0.2) is 0 Å². The average Bonchev–Trinajstić information content (AvgIpc) is 3.27. The van der Waals surface area contributed by atoms with Gasteiger partial charge < -0.3 is 14.6 Å². The van der Waals surface area contributed by atoms with E-state index in [1.165, 1.54) is 0 Å². The lowest BCUT2D eigenvalue weighted by molar-refractivity contribution is -0.144. The number of amides is 2. The number of hydrogen-bond donors (Lipinski definition) is 1. The third kappa shape index (κ3) is 3.35. The van der Waals surface area contributed by atoms with E-state index in [4.69, 9.17) is 4.42 Å². The van der Waals surface area contributed by atoms with Crippen molar-refractivity contribution in [3.05, 3.63) is 60.1 Å². The van der Waals surface area contributed by atoms with Crippen LogP contribution in [-0.2, 0) is 22.7 Å². The standard InChI is InChI=1S/C19H22N2O3/c1-2-21(14-15-7-4-3-5-8-15)18(23)19(10-11-19)17(22)20-13-16-9-6-12-24-16/h3-9,12H,2,10-11,13-14H2,1H3,(H,20,22). The van der Waals surface area contributed by atoms with Gasteiger partial charge in [0.25, 0.3) is 0 Å². The molecule has 3 rings (SSSR count). The Hall–Kier alpha value is -2.56. The quantitative estimate of drug-likeness (QED) is 0.796. The summed E-state index contributed by atoms with van der Waals surface area (Å²) in [7, 11) is 0. The zero-order valence-corrected chi connectivity index (χ0v) is 13.8. The van der Waals surface area contributed by atoms with Gasteiger partial charge in [-0.2, -0.15) is 0 Å². The number of carbonyl (C=O) groups is 2. The van der Waals surface area contributed by atoms with Crippen LogP contribution in [0.1, 0.15) is 31.1 Å². The van der Waals surface area contributed by atoms with Crippen LogP contribution in [0.25, 0.3) is 0 Å². The first-order valence-electron chi connectivity index (χ1n) is 8.30. The largest absolute Gasteiger partial charge is 0.467 e. The van der Waals surface area contributed by atoms with Gasteiger partial charge in [0, 0.05) is 13.1 Å². The second-order valence-corrected chi connectivity index (χ2v) is 6.15. The summed E-state index contributed by atoms with van der Waals surface area (Å²) < 4.78 is 5.22. The summed E-state index contributed by atoms with van der Waals surface area (Å²) in [6, 6.07) is 13.4. The van der Waals surface area contributed by atoms with E-state index in [0.29, 0.717) is 38.2 Å². The van der Waals surface area contributed by atoms with E-state index < -0.39 is 5.41 Å². The number of benzene rings is 1. The molecule has 0 radical (unpaired) electrons. The fraction of sp³-hybridized carbons (Fsp3) is 0.368. The maximum absolute atomic E-state index is 12.9. The molecule has 0 bridgehead atoms. The van der Waals surface area contributed by atoms with Crippen molar-refractivity contribution in [2.45, 2.75) is 32.9 Å². The summed E-state index contributed by atoms with van der Waals surface area (Å²) >= 11 is 0. The van der Waals surface area contributed by atoms with Crippen molar-refractivity contribution in [3.8, 4) is 0 Å². The predicted octanol–water partition coefficient (Wildman–Crippen LogP) is 2.72. The summed E-state index contributed by atoms with van der Waals surface area (Å²) in [5.74, 6) is 0.407. The lowest BCUT2D eigenvalue weighted by atomic mass is 10.0. The monoisotopic (exact) mass is 326 g/mol. The SMILES string of the molecule is CCN(Cc1ccccc1)C(=O)C1(C(=O)NCc2ccco2)CC1. The van der Waals surface area contributed by atoms with Gasteiger partial charge in [0.1, 0.15) is 11.2 Å². The van der Waals surface area contributed by atoms with E-state index in [1.54, 1.807) is 23.3 Å². The smallest absolute Gasteiger partial charge is 0.238 e. The Morgan fingerprint density at radius 1 is 1.17 bits per heavy atom. The second kappa shape index (κ2) is 6.91. The zero-order valence-electron chi connectivity index (χ0n) is 13.8. The van der Waals surface area contributed by atoms with Gasteiger partial charge in [0.2, 0.25) is 11.8 Å². The van der Waals surface area contributed by atoms with Crippen molar-refractivity contribution < 1.29 is 14.0 Å². The van der Waals surface area contributed by atoms with Crippen LogP contribution in [0, 0.1) is 5.41 Å². The molecule has 126 valence electrons. The number of furan rings is 1. The molecule has 5 nitrogen and oxygen atoms in total. The van der Waals surface area contributed by atoms with Crippen molar-refractivity contribution in [3.63, 3.8) is 0 Å². The van der Waals surface area contributed by atoms with E-state index in [9.17, 15) is 9.59 Å². The maximum Gasteiger partial charge on any atom is 0.238 e. The summed E-state index contributed by atoms with van der Waals surface area (Å²) in [6.07, 6.45) is 2.79. The third-order valence-corrected chi connectivity index (χ3v) is 4.48. The molecular weight excluding hydrogens is 304 g/mol. The Labute approximate surface area is 141 Å². The minimum atomic E-state index is -0.891. The summed E-state index contributed by atoms with van der Waals surface area (Å²) in [4.78, 5) is 27.2. The fourth-order valence-electron chi connectivity index (χ4n) is 2.85. The zero-order chi connectivity index (χ0) is 17.0. The van der Waals surface area contributed by atoms with Crippen LogP contribution in [-0.4, -0.2) is 23.3 Å². The van der Waals surface area contributed by atoms with Gasteiger partial charge in [-0.05, 0) is 37.5 Å². The first kappa shape index (κ1) is 16.3. The van der Waals surface area contributed by atoms with Crippen LogP contribution in [0.3, 0.4) is 0 Å². The topological polar surface area (TPSA) is 62.6 Å². The summed E-state index contributed by atoms with van der Waals surface area (Å²) in [6.45, 7) is 3.37. The molecule has 2 aromatic rings. The van der Waals surface area contributed by atoms with Crippen molar-refractivity contribution in [2.75, 3.05) is 6.54 Å². The van der Waals surface area contributed by atoms with Gasteiger partial charge in [0.05, 0.1) is 12.8 Å². The highest BCUT2D eigenvalue weighted by atomic mass is 16.3. The van der Waals surface area contributed by atoms with Crippen LogP contribution in [0.15, 0.2) is 53.1 Å². The minimum Gasteiger partial charge on any atom is -0.467 e. The van der Waals surface area contributed by atoms with Crippen molar-refractivity contribution in [2.24, 2.45) is 5.41 Å². The molecule has 1 fully saturated rings. The molecule has 2 amide bonds. The van der Waals surface area contributed by atoms with Crippen molar-refractivity contribution >= 4 is 11.8 Å². The normalized spacial score (nSPS) is 14.9. The molecule has 5 heteroatoms. The molecular formula is C19H22N2O3. The molecule has 1 aliphatic rings. The average molecular weight is 326 g/mol.